The average molecular weight is 742 g/mol. The van der Waals surface area contributed by atoms with Gasteiger partial charge < -0.3 is 68.2 Å². The number of hydrogen-bond acceptors (Lipinski definition) is 13. The summed E-state index contributed by atoms with van der Waals surface area (Å²) in [5.74, 6) is -3.54. The first-order valence-electron chi connectivity index (χ1n) is 17.5. The van der Waals surface area contributed by atoms with Gasteiger partial charge in [-0.2, -0.15) is 0 Å². The number of rotatable bonds is 14. The number of amides is 2. The monoisotopic (exact) mass is 742 g/mol. The molecule has 0 aromatic heterocycles. The maximum atomic E-state index is 12.8. The molecule has 2 aromatic carbocycles. The van der Waals surface area contributed by atoms with Gasteiger partial charge in [0.2, 0.25) is 11.8 Å². The Morgan fingerprint density at radius 3 is 1.42 bits per heavy atom. The normalized spacial score (nSPS) is 23.9. The Hall–Kier alpha value is -4.07. The summed E-state index contributed by atoms with van der Waals surface area (Å²) in [6.07, 6.45) is 1.77. The van der Waals surface area contributed by atoms with Crippen LogP contribution in [0.15, 0.2) is 54.6 Å². The summed E-state index contributed by atoms with van der Waals surface area (Å²) in [6.45, 7) is 0.311. The van der Waals surface area contributed by atoms with Crippen LogP contribution in [0, 0.1) is 11.8 Å². The van der Waals surface area contributed by atoms with E-state index in [4.69, 9.17) is 43.0 Å². The molecule has 0 bridgehead atoms. The highest BCUT2D eigenvalue weighted by atomic mass is 16.4. The molecule has 0 aliphatic carbocycles. The highest BCUT2D eigenvalue weighted by molar-refractivity contribution is 6.41. The average Bonchev–Trinajstić information content (AvgIpc) is 3.10. The van der Waals surface area contributed by atoms with Gasteiger partial charge in [-0.3, -0.25) is 19.2 Å². The van der Waals surface area contributed by atoms with Crippen LogP contribution < -0.4 is 22.9 Å². The molecule has 17 nitrogen and oxygen atoms in total. The van der Waals surface area contributed by atoms with Crippen LogP contribution >= 0.6 is 0 Å². The smallest absolute Gasteiger partial charge is 0.451 e. The second-order valence-corrected chi connectivity index (χ2v) is 14.4. The molecule has 2 aliphatic heterocycles. The standard InChI is InChI=1S/C17H26BN3O6.C17H26BN3O5/c19-14(7-11-1-3-13(22)4-2-11)15(23)21-9-12(5-6-18(26)27)8-17(20,10-21)16(24)25;19-14(8-12-4-2-1-3-5-12)15(22)21-10-13(6-7-18(25)26)9-17(20,11-21)16(23)24/h1-4,12,14,22,26-27H,5-10,19-20H2,(H,24,25);1-5,13-14,25-26H,6-11,19-20H2,(H,23,24)/t12-,14-,17+;13-,14-,17+/m00/s1. The SMILES string of the molecule is N[C@@H](Cc1ccc(O)cc1)C(=O)N1C[C@@H](CCB(O)O)C[C@](N)(C(=O)O)C1.N[C@@H](Cc1ccccc1)C(=O)N1C[C@@H](CCB(O)O)C[C@](N)(C(=O)O)C1. The predicted octanol–water partition coefficient (Wildman–Crippen LogP) is -2.19. The number of benzene rings is 2. The van der Waals surface area contributed by atoms with Crippen LogP contribution in [0.1, 0.15) is 36.8 Å². The Kier molecular flexibility index (Phi) is 15.8. The number of hydrogen-bond donors (Lipinski definition) is 11. The number of likely N-dealkylation sites (tertiary alicyclic amines) is 2. The van der Waals surface area contributed by atoms with Gasteiger partial charge in [0.15, 0.2) is 0 Å². The minimum Gasteiger partial charge on any atom is -0.508 e. The topological polar surface area (TPSA) is 320 Å². The zero-order valence-corrected chi connectivity index (χ0v) is 29.6. The maximum Gasteiger partial charge on any atom is 0.451 e. The lowest BCUT2D eigenvalue weighted by molar-refractivity contribution is -0.151. The molecular formula is C34H52B2N6O11. The lowest BCUT2D eigenvalue weighted by atomic mass is 9.75. The second-order valence-electron chi connectivity index (χ2n) is 14.4. The largest absolute Gasteiger partial charge is 0.508 e. The van der Waals surface area contributed by atoms with Crippen LogP contribution in [0.25, 0.3) is 0 Å². The Morgan fingerprint density at radius 1 is 0.679 bits per heavy atom. The van der Waals surface area contributed by atoms with Crippen LogP contribution in [0.4, 0.5) is 0 Å². The van der Waals surface area contributed by atoms with E-state index in [1.807, 2.05) is 30.3 Å². The van der Waals surface area contributed by atoms with Gasteiger partial charge in [-0.05, 0) is 73.4 Å². The summed E-state index contributed by atoms with van der Waals surface area (Å²) in [6, 6.07) is 14.0. The summed E-state index contributed by atoms with van der Waals surface area (Å²) in [7, 11) is -2.97. The molecule has 2 aliphatic rings. The molecule has 0 spiro atoms. The lowest BCUT2D eigenvalue weighted by Gasteiger charge is -2.42. The van der Waals surface area contributed by atoms with Crippen molar-refractivity contribution in [2.24, 2.45) is 34.8 Å². The van der Waals surface area contributed by atoms with E-state index in [0.717, 1.165) is 11.1 Å². The molecule has 15 N–H and O–H groups in total. The van der Waals surface area contributed by atoms with E-state index in [2.05, 4.69) is 0 Å². The van der Waals surface area contributed by atoms with Gasteiger partial charge in [0, 0.05) is 26.2 Å². The quantitative estimate of drug-likeness (QED) is 0.0916. The number of nitrogens with zero attached hydrogens (tertiary/aromatic N) is 2. The minimum atomic E-state index is -1.60. The van der Waals surface area contributed by atoms with Crippen molar-refractivity contribution in [1.29, 1.82) is 0 Å². The number of aromatic hydroxyl groups is 1. The molecule has 6 atom stereocenters. The number of carboxylic acids is 2. The van der Waals surface area contributed by atoms with Crippen molar-refractivity contribution in [2.75, 3.05) is 26.2 Å². The van der Waals surface area contributed by atoms with Crippen molar-refractivity contribution in [1.82, 2.24) is 9.80 Å². The highest BCUT2D eigenvalue weighted by Gasteiger charge is 2.46. The molecule has 0 unspecified atom stereocenters. The third-order valence-corrected chi connectivity index (χ3v) is 9.68. The van der Waals surface area contributed by atoms with Gasteiger partial charge in [0.05, 0.1) is 12.1 Å². The molecule has 53 heavy (non-hydrogen) atoms. The van der Waals surface area contributed by atoms with Crippen LogP contribution in [0.3, 0.4) is 0 Å². The van der Waals surface area contributed by atoms with Gasteiger partial charge in [-0.25, -0.2) is 0 Å². The summed E-state index contributed by atoms with van der Waals surface area (Å²) in [5.41, 5.74) is 22.6. The van der Waals surface area contributed by atoms with E-state index in [1.54, 1.807) is 12.1 Å². The Labute approximate surface area is 308 Å². The highest BCUT2D eigenvalue weighted by Crippen LogP contribution is 2.30. The maximum absolute atomic E-state index is 12.8. The third-order valence-electron chi connectivity index (χ3n) is 9.68. The fourth-order valence-electron chi connectivity index (χ4n) is 6.92. The lowest BCUT2D eigenvalue weighted by Crippen LogP contribution is -2.64. The van der Waals surface area contributed by atoms with E-state index >= 15 is 0 Å². The van der Waals surface area contributed by atoms with Crippen LogP contribution in [0.2, 0.25) is 12.6 Å². The number of aliphatic carboxylic acids is 2. The molecule has 0 saturated carbocycles. The van der Waals surface area contributed by atoms with Gasteiger partial charge in [-0.1, -0.05) is 55.3 Å². The minimum absolute atomic E-state index is 0.0714. The predicted molar refractivity (Wildman–Crippen MR) is 196 cm³/mol. The number of carbonyl (C=O) groups is 4. The second kappa shape index (κ2) is 19.3. The van der Waals surface area contributed by atoms with E-state index in [-0.39, 0.29) is 75.0 Å². The van der Waals surface area contributed by atoms with Crippen molar-refractivity contribution in [2.45, 2.75) is 74.3 Å². The number of phenols is 1. The van der Waals surface area contributed by atoms with Gasteiger partial charge >= 0.3 is 26.2 Å². The van der Waals surface area contributed by atoms with Gasteiger partial charge in [0.1, 0.15) is 16.8 Å². The van der Waals surface area contributed by atoms with Crippen molar-refractivity contribution < 1.29 is 54.6 Å². The Morgan fingerprint density at radius 2 is 1.06 bits per heavy atom. The Balaban J connectivity index is 0.000000286. The van der Waals surface area contributed by atoms with Crippen LogP contribution in [-0.2, 0) is 32.0 Å². The van der Waals surface area contributed by atoms with Crippen molar-refractivity contribution >= 4 is 38.0 Å². The van der Waals surface area contributed by atoms with E-state index in [1.165, 1.54) is 21.9 Å². The van der Waals surface area contributed by atoms with E-state index in [9.17, 15) is 34.5 Å². The van der Waals surface area contributed by atoms with Gasteiger partial charge in [0.25, 0.3) is 0 Å². The molecule has 290 valence electrons. The zero-order valence-electron chi connectivity index (χ0n) is 29.6. The number of piperidine rings is 2. The Bertz CT molecular complexity index is 1530. The van der Waals surface area contributed by atoms with Crippen molar-refractivity contribution in [3.8, 4) is 5.75 Å². The van der Waals surface area contributed by atoms with Crippen molar-refractivity contribution in [3.05, 3.63) is 65.7 Å². The number of carboxylic acid groups (broad SMARTS) is 2. The number of phenolic OH excluding ortho intramolecular Hbond substituents is 1. The van der Waals surface area contributed by atoms with E-state index in [0.29, 0.717) is 25.8 Å². The van der Waals surface area contributed by atoms with Crippen LogP contribution in [0.5, 0.6) is 5.75 Å². The fraction of sp³-hybridized carbons (Fsp3) is 0.529. The molecule has 2 aromatic rings. The molecule has 0 radical (unpaired) electrons. The van der Waals surface area contributed by atoms with E-state index < -0.39 is 55.2 Å². The first-order valence-corrected chi connectivity index (χ1v) is 17.5. The molecule has 2 amide bonds. The van der Waals surface area contributed by atoms with Crippen LogP contribution in [-0.4, -0.2) is 133 Å². The summed E-state index contributed by atoms with van der Waals surface area (Å²) in [4.78, 5) is 51.5. The van der Waals surface area contributed by atoms with Crippen molar-refractivity contribution in [3.63, 3.8) is 0 Å². The first-order chi connectivity index (χ1) is 24.8. The molecule has 2 fully saturated rings. The summed E-state index contributed by atoms with van der Waals surface area (Å²) < 4.78 is 0. The molecule has 19 heteroatoms. The molecular weight excluding hydrogens is 690 g/mol. The zero-order chi connectivity index (χ0) is 39.5. The fourth-order valence-corrected chi connectivity index (χ4v) is 6.92. The number of carbonyl (C=O) groups excluding carboxylic acids is 2. The number of nitrogens with two attached hydrogens (primary N) is 4. The molecule has 2 heterocycles. The summed E-state index contributed by atoms with van der Waals surface area (Å²) >= 11 is 0. The molecule has 2 saturated heterocycles. The summed E-state index contributed by atoms with van der Waals surface area (Å²) in [5, 5.41) is 64.5. The van der Waals surface area contributed by atoms with Gasteiger partial charge in [-0.15, -0.1) is 0 Å². The third kappa shape index (κ3) is 13.1. The molecule has 4 rings (SSSR count). The first kappa shape index (κ1) is 43.3.